The first kappa shape index (κ1) is 12.8. The average Bonchev–Trinajstić information content (AvgIpc) is 2.82. The van der Waals surface area contributed by atoms with E-state index in [4.69, 9.17) is 10.5 Å². The molecule has 4 unspecified atom stereocenters. The topological polar surface area (TPSA) is 64.3 Å². The molecule has 4 atom stereocenters. The Morgan fingerprint density at radius 1 is 1.61 bits per heavy atom. The second-order valence-electron chi connectivity index (χ2n) is 4.86. The lowest BCUT2D eigenvalue weighted by atomic mass is 9.68. The van der Waals surface area contributed by atoms with Crippen LogP contribution >= 0.6 is 33.9 Å². The minimum atomic E-state index is -0.0396. The summed E-state index contributed by atoms with van der Waals surface area (Å²) >= 11 is 3.79. The monoisotopic (exact) mass is 378 g/mol. The maximum atomic E-state index is 12.1. The molecule has 6 heteroatoms. The van der Waals surface area contributed by atoms with E-state index in [-0.39, 0.29) is 24.1 Å². The number of nitrogens with one attached hydrogen (secondary N) is 1. The van der Waals surface area contributed by atoms with Crippen molar-refractivity contribution < 1.29 is 9.53 Å². The summed E-state index contributed by atoms with van der Waals surface area (Å²) in [6, 6.07) is 1.90. The summed E-state index contributed by atoms with van der Waals surface area (Å²) in [6.07, 6.45) is 2.32. The molecule has 3 rings (SSSR count). The van der Waals surface area contributed by atoms with Crippen molar-refractivity contribution in [2.24, 2.45) is 11.7 Å². The zero-order valence-electron chi connectivity index (χ0n) is 9.77. The van der Waals surface area contributed by atoms with Crippen molar-refractivity contribution in [3.8, 4) is 0 Å². The van der Waals surface area contributed by atoms with Gasteiger partial charge in [-0.25, -0.2) is 0 Å². The van der Waals surface area contributed by atoms with E-state index < -0.39 is 0 Å². The van der Waals surface area contributed by atoms with E-state index in [0.717, 1.165) is 27.9 Å². The van der Waals surface area contributed by atoms with Crippen LogP contribution < -0.4 is 11.1 Å². The molecule has 0 bridgehead atoms. The predicted octanol–water partition coefficient (Wildman–Crippen LogP) is 1.59. The molecule has 2 heterocycles. The van der Waals surface area contributed by atoms with Gasteiger partial charge in [-0.1, -0.05) is 0 Å². The first-order valence-corrected chi connectivity index (χ1v) is 8.05. The Hall–Kier alpha value is -0.180. The van der Waals surface area contributed by atoms with E-state index >= 15 is 0 Å². The van der Waals surface area contributed by atoms with Gasteiger partial charge >= 0.3 is 0 Å². The van der Waals surface area contributed by atoms with Crippen LogP contribution in [0.3, 0.4) is 0 Å². The van der Waals surface area contributed by atoms with E-state index in [9.17, 15) is 4.79 Å². The van der Waals surface area contributed by atoms with Crippen LogP contribution in [0.5, 0.6) is 0 Å². The molecule has 98 valence electrons. The number of nitrogens with two attached hydrogens (primary N) is 1. The number of hydrogen-bond donors (Lipinski definition) is 2. The predicted molar refractivity (Wildman–Crippen MR) is 78.7 cm³/mol. The number of halogens is 1. The van der Waals surface area contributed by atoms with Crippen LogP contribution in [-0.2, 0) is 4.74 Å². The van der Waals surface area contributed by atoms with Gasteiger partial charge in [-0.2, -0.15) is 0 Å². The van der Waals surface area contributed by atoms with Crippen molar-refractivity contribution in [3.63, 3.8) is 0 Å². The van der Waals surface area contributed by atoms with Crippen LogP contribution in [0.1, 0.15) is 23.2 Å². The molecule has 1 aromatic rings. The Bertz CT molecular complexity index is 465. The molecule has 1 aromatic heterocycles. The Labute approximate surface area is 123 Å². The van der Waals surface area contributed by atoms with Gasteiger partial charge in [0.25, 0.3) is 5.91 Å². The molecule has 1 amide bonds. The number of ether oxygens (including phenoxy) is 1. The number of thiophene rings is 1. The summed E-state index contributed by atoms with van der Waals surface area (Å²) in [4.78, 5) is 12.1. The highest BCUT2D eigenvalue weighted by atomic mass is 127. The van der Waals surface area contributed by atoms with Crippen molar-refractivity contribution in [1.82, 2.24) is 5.32 Å². The summed E-state index contributed by atoms with van der Waals surface area (Å²) in [5.74, 6) is 0.383. The van der Waals surface area contributed by atoms with Crippen LogP contribution in [0.15, 0.2) is 11.4 Å². The quantitative estimate of drug-likeness (QED) is 0.769. The van der Waals surface area contributed by atoms with Crippen molar-refractivity contribution in [3.05, 3.63) is 19.9 Å². The molecular formula is C12H15IN2O2S. The van der Waals surface area contributed by atoms with Gasteiger partial charge in [0.15, 0.2) is 0 Å². The number of amides is 1. The normalized spacial score (nSPS) is 34.6. The Balaban J connectivity index is 1.64. The zero-order valence-corrected chi connectivity index (χ0v) is 12.7. The summed E-state index contributed by atoms with van der Waals surface area (Å²) in [7, 11) is 0. The van der Waals surface area contributed by atoms with Gasteiger partial charge in [0.05, 0.1) is 20.6 Å². The maximum absolute atomic E-state index is 12.1. The second-order valence-corrected chi connectivity index (χ2v) is 7.66. The number of carbonyl (C=O) groups excluding carboxylic acids is 1. The highest BCUT2D eigenvalue weighted by molar-refractivity contribution is 14.1. The van der Waals surface area contributed by atoms with Crippen LogP contribution in [0.2, 0.25) is 0 Å². The van der Waals surface area contributed by atoms with E-state index in [2.05, 4.69) is 27.9 Å². The molecule has 3 N–H and O–H groups in total. The third-order valence-corrected chi connectivity index (χ3v) is 5.59. The van der Waals surface area contributed by atoms with Gasteiger partial charge in [-0.15, -0.1) is 11.3 Å². The molecule has 0 spiro atoms. The van der Waals surface area contributed by atoms with E-state index in [1.165, 1.54) is 0 Å². The molecule has 1 aliphatic heterocycles. The van der Waals surface area contributed by atoms with Crippen molar-refractivity contribution >= 4 is 39.8 Å². The summed E-state index contributed by atoms with van der Waals surface area (Å²) in [5.41, 5.74) is 6.83. The van der Waals surface area contributed by atoms with E-state index in [0.29, 0.717) is 5.92 Å². The second kappa shape index (κ2) is 5.07. The van der Waals surface area contributed by atoms with Gasteiger partial charge in [-0.3, -0.25) is 4.79 Å². The van der Waals surface area contributed by atoms with Gasteiger partial charge in [0.1, 0.15) is 0 Å². The first-order valence-electron chi connectivity index (χ1n) is 6.09. The smallest absolute Gasteiger partial charge is 0.252 e. The van der Waals surface area contributed by atoms with Crippen molar-refractivity contribution in [1.29, 1.82) is 0 Å². The number of carbonyl (C=O) groups is 1. The number of fused-ring (bicyclic) bond motifs is 1. The van der Waals surface area contributed by atoms with Crippen LogP contribution in [0, 0.1) is 8.80 Å². The van der Waals surface area contributed by atoms with Crippen LogP contribution in [0.4, 0.5) is 0 Å². The van der Waals surface area contributed by atoms with Gasteiger partial charge in [0.2, 0.25) is 0 Å². The number of hydrogen-bond acceptors (Lipinski definition) is 4. The lowest BCUT2D eigenvalue weighted by Gasteiger charge is -2.52. The fourth-order valence-electron chi connectivity index (χ4n) is 2.79. The molecule has 2 aliphatic rings. The standard InChI is InChI=1S/C12H15IN2O2S/c13-8-4-6(5-18-8)12(16)15-10-9(14)7-2-1-3-17-11(7)10/h4-5,7,9-11H,1-3,14H2,(H,15,16). The summed E-state index contributed by atoms with van der Waals surface area (Å²) in [6.45, 7) is 0.788. The van der Waals surface area contributed by atoms with Crippen LogP contribution in [0.25, 0.3) is 0 Å². The highest BCUT2D eigenvalue weighted by Gasteiger charge is 2.51. The maximum Gasteiger partial charge on any atom is 0.252 e. The molecule has 1 aliphatic carbocycles. The number of rotatable bonds is 2. The fourth-order valence-corrected chi connectivity index (χ4v) is 4.12. The Morgan fingerprint density at radius 3 is 3.17 bits per heavy atom. The molecule has 0 aromatic carbocycles. The molecule has 1 saturated heterocycles. The molecule has 4 nitrogen and oxygen atoms in total. The van der Waals surface area contributed by atoms with Crippen molar-refractivity contribution in [2.45, 2.75) is 31.0 Å². The third-order valence-electron chi connectivity index (χ3n) is 3.80. The summed E-state index contributed by atoms with van der Waals surface area (Å²) < 4.78 is 6.82. The van der Waals surface area contributed by atoms with Crippen LogP contribution in [-0.4, -0.2) is 30.7 Å². The Kier molecular flexibility index (Phi) is 3.61. The average molecular weight is 378 g/mol. The lowest BCUT2D eigenvalue weighted by molar-refractivity contribution is -0.117. The molecule has 0 radical (unpaired) electrons. The third kappa shape index (κ3) is 2.19. The van der Waals surface area contributed by atoms with Gasteiger partial charge in [-0.05, 0) is 41.5 Å². The summed E-state index contributed by atoms with van der Waals surface area (Å²) in [5, 5.41) is 4.88. The largest absolute Gasteiger partial charge is 0.376 e. The SMILES string of the molecule is NC1C2CCCOC2C1NC(=O)c1csc(I)c1. The van der Waals surface area contributed by atoms with Gasteiger partial charge in [0, 0.05) is 23.9 Å². The molecule has 2 fully saturated rings. The first-order chi connectivity index (χ1) is 8.66. The van der Waals surface area contributed by atoms with E-state index in [1.54, 1.807) is 11.3 Å². The molecular weight excluding hydrogens is 363 g/mol. The molecule has 1 saturated carbocycles. The zero-order chi connectivity index (χ0) is 12.7. The fraction of sp³-hybridized carbons (Fsp3) is 0.583. The Morgan fingerprint density at radius 2 is 2.44 bits per heavy atom. The highest BCUT2D eigenvalue weighted by Crippen LogP contribution is 2.37. The minimum absolute atomic E-state index is 0.0274. The van der Waals surface area contributed by atoms with Gasteiger partial charge < -0.3 is 15.8 Å². The van der Waals surface area contributed by atoms with E-state index in [1.807, 2.05) is 11.4 Å². The molecule has 18 heavy (non-hydrogen) atoms. The minimum Gasteiger partial charge on any atom is -0.376 e. The van der Waals surface area contributed by atoms with Crippen molar-refractivity contribution in [2.75, 3.05) is 6.61 Å². The lowest BCUT2D eigenvalue weighted by Crippen LogP contribution is -2.72.